The molecular formula is C13H25N3O3. The lowest BCUT2D eigenvalue weighted by Gasteiger charge is -2.19. The Kier molecular flexibility index (Phi) is 7.98. The van der Waals surface area contributed by atoms with Gasteiger partial charge in [-0.2, -0.15) is 0 Å². The Labute approximate surface area is 114 Å². The van der Waals surface area contributed by atoms with Crippen molar-refractivity contribution >= 4 is 17.6 Å². The summed E-state index contributed by atoms with van der Waals surface area (Å²) in [6.45, 7) is 9.11. The van der Waals surface area contributed by atoms with Gasteiger partial charge in [0.25, 0.3) is 0 Å². The molecule has 0 saturated heterocycles. The number of amides is 2. The third-order valence-electron chi connectivity index (χ3n) is 2.81. The molecule has 0 aromatic rings. The fourth-order valence-corrected chi connectivity index (χ4v) is 1.30. The molecule has 0 aliphatic heterocycles. The first-order valence-corrected chi connectivity index (χ1v) is 6.64. The van der Waals surface area contributed by atoms with E-state index in [-0.39, 0.29) is 23.6 Å². The number of hydrogen-bond acceptors (Lipinski definition) is 4. The predicted octanol–water partition coefficient (Wildman–Crippen LogP) is -0.0271. The normalized spacial score (nSPS) is 15.2. The highest BCUT2D eigenvalue weighted by Crippen LogP contribution is 1.90. The summed E-state index contributed by atoms with van der Waals surface area (Å²) in [5, 5.41) is 8.19. The molecule has 19 heavy (non-hydrogen) atoms. The summed E-state index contributed by atoms with van der Waals surface area (Å²) in [4.78, 5) is 34.5. The van der Waals surface area contributed by atoms with E-state index in [0.29, 0.717) is 0 Å². The highest BCUT2D eigenvalue weighted by atomic mass is 16.2. The van der Waals surface area contributed by atoms with Crippen molar-refractivity contribution in [1.29, 1.82) is 0 Å². The van der Waals surface area contributed by atoms with Crippen molar-refractivity contribution in [2.75, 3.05) is 6.54 Å². The second-order valence-electron chi connectivity index (χ2n) is 4.75. The molecule has 2 amide bonds. The smallest absolute Gasteiger partial charge is 0.242 e. The molecule has 0 rings (SSSR count). The Balaban J connectivity index is 4.21. The molecule has 0 aliphatic rings. The Bertz CT molecular complexity index is 331. The zero-order chi connectivity index (χ0) is 15.0. The molecule has 110 valence electrons. The second kappa shape index (κ2) is 8.63. The van der Waals surface area contributed by atoms with E-state index in [1.165, 1.54) is 6.92 Å². The van der Waals surface area contributed by atoms with Gasteiger partial charge >= 0.3 is 0 Å². The maximum absolute atomic E-state index is 11.8. The monoisotopic (exact) mass is 271 g/mol. The quantitative estimate of drug-likeness (QED) is 0.578. The van der Waals surface area contributed by atoms with Crippen LogP contribution >= 0.6 is 0 Å². The molecular weight excluding hydrogens is 246 g/mol. The molecule has 0 aromatic heterocycles. The summed E-state index contributed by atoms with van der Waals surface area (Å²) in [6.07, 6.45) is 0.934. The van der Waals surface area contributed by atoms with E-state index in [1.807, 2.05) is 6.92 Å². The molecule has 0 bridgehead atoms. The number of ketones is 1. The van der Waals surface area contributed by atoms with Crippen LogP contribution < -0.4 is 16.0 Å². The van der Waals surface area contributed by atoms with Crippen molar-refractivity contribution in [3.8, 4) is 0 Å². The van der Waals surface area contributed by atoms with Crippen LogP contribution in [0.15, 0.2) is 0 Å². The number of carbonyl (C=O) groups is 3. The van der Waals surface area contributed by atoms with Crippen LogP contribution in [0.25, 0.3) is 0 Å². The fourth-order valence-electron chi connectivity index (χ4n) is 1.30. The van der Waals surface area contributed by atoms with Crippen molar-refractivity contribution in [2.24, 2.45) is 0 Å². The standard InChI is InChI=1S/C13H25N3O3/c1-6-7-14-9(3)12(18)16-10(4)13(19)15-8(2)11(5)17/h8-10,14H,6-7H2,1-5H3,(H,15,19)(H,16,18). The van der Waals surface area contributed by atoms with Crippen molar-refractivity contribution in [3.63, 3.8) is 0 Å². The van der Waals surface area contributed by atoms with Crippen LogP contribution in [0.5, 0.6) is 0 Å². The number of carbonyl (C=O) groups excluding carboxylic acids is 3. The molecule has 0 aromatic carbocycles. The highest BCUT2D eigenvalue weighted by molar-refractivity contribution is 5.92. The van der Waals surface area contributed by atoms with Gasteiger partial charge in [-0.05, 0) is 40.7 Å². The lowest BCUT2D eigenvalue weighted by atomic mass is 10.2. The first-order chi connectivity index (χ1) is 8.79. The lowest BCUT2D eigenvalue weighted by Crippen LogP contribution is -2.52. The number of nitrogens with one attached hydrogen (secondary N) is 3. The largest absolute Gasteiger partial charge is 0.345 e. The Morgan fingerprint density at radius 1 is 0.895 bits per heavy atom. The first-order valence-electron chi connectivity index (χ1n) is 6.64. The average Bonchev–Trinajstić information content (AvgIpc) is 2.35. The summed E-state index contributed by atoms with van der Waals surface area (Å²) in [6, 6.07) is -1.55. The van der Waals surface area contributed by atoms with Gasteiger partial charge in [0.05, 0.1) is 12.1 Å². The molecule has 0 aliphatic carbocycles. The summed E-state index contributed by atoms with van der Waals surface area (Å²) >= 11 is 0. The predicted molar refractivity (Wildman–Crippen MR) is 73.6 cm³/mol. The summed E-state index contributed by atoms with van der Waals surface area (Å²) in [5.74, 6) is -0.713. The summed E-state index contributed by atoms with van der Waals surface area (Å²) in [5.41, 5.74) is 0. The molecule has 6 heteroatoms. The summed E-state index contributed by atoms with van der Waals surface area (Å²) in [7, 11) is 0. The van der Waals surface area contributed by atoms with Gasteiger partial charge in [0.1, 0.15) is 6.04 Å². The topological polar surface area (TPSA) is 87.3 Å². The van der Waals surface area contributed by atoms with Gasteiger partial charge < -0.3 is 16.0 Å². The minimum absolute atomic E-state index is 0.121. The average molecular weight is 271 g/mol. The molecule has 0 saturated carbocycles. The van der Waals surface area contributed by atoms with Gasteiger partial charge in [0.2, 0.25) is 11.8 Å². The first kappa shape index (κ1) is 17.6. The zero-order valence-electron chi connectivity index (χ0n) is 12.4. The zero-order valence-corrected chi connectivity index (χ0v) is 12.4. The molecule has 6 nitrogen and oxygen atoms in total. The maximum atomic E-state index is 11.8. The molecule has 0 fully saturated rings. The van der Waals surface area contributed by atoms with Crippen LogP contribution in [0.3, 0.4) is 0 Å². The van der Waals surface area contributed by atoms with Crippen molar-refractivity contribution in [3.05, 3.63) is 0 Å². The summed E-state index contributed by atoms with van der Waals surface area (Å²) < 4.78 is 0. The minimum Gasteiger partial charge on any atom is -0.345 e. The van der Waals surface area contributed by atoms with Crippen LogP contribution in [0.2, 0.25) is 0 Å². The second-order valence-corrected chi connectivity index (χ2v) is 4.75. The molecule has 3 N–H and O–H groups in total. The fraction of sp³-hybridized carbons (Fsp3) is 0.769. The van der Waals surface area contributed by atoms with E-state index in [4.69, 9.17) is 0 Å². The Hall–Kier alpha value is -1.43. The van der Waals surface area contributed by atoms with E-state index in [0.717, 1.165) is 13.0 Å². The van der Waals surface area contributed by atoms with Crippen LogP contribution in [0.1, 0.15) is 41.0 Å². The van der Waals surface area contributed by atoms with Gasteiger partial charge in [-0.25, -0.2) is 0 Å². The van der Waals surface area contributed by atoms with Crippen molar-refractivity contribution in [1.82, 2.24) is 16.0 Å². The Morgan fingerprint density at radius 3 is 1.84 bits per heavy atom. The lowest BCUT2D eigenvalue weighted by molar-refractivity contribution is -0.131. The van der Waals surface area contributed by atoms with Gasteiger partial charge in [-0.1, -0.05) is 6.92 Å². The highest BCUT2D eigenvalue weighted by Gasteiger charge is 2.21. The van der Waals surface area contributed by atoms with Crippen LogP contribution in [0, 0.1) is 0 Å². The Morgan fingerprint density at radius 2 is 1.37 bits per heavy atom. The molecule has 3 unspecified atom stereocenters. The van der Waals surface area contributed by atoms with Gasteiger partial charge in [-0.3, -0.25) is 14.4 Å². The maximum Gasteiger partial charge on any atom is 0.242 e. The van der Waals surface area contributed by atoms with E-state index in [1.54, 1.807) is 20.8 Å². The van der Waals surface area contributed by atoms with Crippen molar-refractivity contribution in [2.45, 2.75) is 59.2 Å². The van der Waals surface area contributed by atoms with Crippen LogP contribution in [-0.4, -0.2) is 42.3 Å². The number of hydrogen-bond donors (Lipinski definition) is 3. The number of Topliss-reactive ketones (excluding diaryl/α,β-unsaturated/α-hetero) is 1. The third kappa shape index (κ3) is 6.91. The van der Waals surface area contributed by atoms with Crippen molar-refractivity contribution < 1.29 is 14.4 Å². The van der Waals surface area contributed by atoms with E-state index in [2.05, 4.69) is 16.0 Å². The minimum atomic E-state index is -0.667. The molecule has 3 atom stereocenters. The molecule has 0 heterocycles. The number of rotatable bonds is 8. The van der Waals surface area contributed by atoms with E-state index >= 15 is 0 Å². The van der Waals surface area contributed by atoms with Gasteiger partial charge in [0.15, 0.2) is 5.78 Å². The van der Waals surface area contributed by atoms with Crippen LogP contribution in [-0.2, 0) is 14.4 Å². The third-order valence-corrected chi connectivity index (χ3v) is 2.81. The molecule has 0 spiro atoms. The van der Waals surface area contributed by atoms with Crippen LogP contribution in [0.4, 0.5) is 0 Å². The van der Waals surface area contributed by atoms with Gasteiger partial charge in [0, 0.05) is 0 Å². The SMILES string of the molecule is CCCNC(C)C(=O)NC(C)C(=O)NC(C)C(C)=O. The van der Waals surface area contributed by atoms with E-state index < -0.39 is 12.1 Å². The van der Waals surface area contributed by atoms with E-state index in [9.17, 15) is 14.4 Å². The molecule has 0 radical (unpaired) electrons. The van der Waals surface area contributed by atoms with Gasteiger partial charge in [-0.15, -0.1) is 0 Å².